The summed E-state index contributed by atoms with van der Waals surface area (Å²) in [6.07, 6.45) is 1.88. The maximum atomic E-state index is 14.1. The average Bonchev–Trinajstić information content (AvgIpc) is 2.61. The monoisotopic (exact) mass is 364 g/mol. The zero-order valence-corrected chi connectivity index (χ0v) is 15.2. The predicted molar refractivity (Wildman–Crippen MR) is 96.2 cm³/mol. The van der Waals surface area contributed by atoms with E-state index in [-0.39, 0.29) is 18.3 Å². The maximum absolute atomic E-state index is 14.1. The van der Waals surface area contributed by atoms with Gasteiger partial charge in [0, 0.05) is 31.0 Å². The van der Waals surface area contributed by atoms with Gasteiger partial charge in [-0.25, -0.2) is 8.78 Å². The van der Waals surface area contributed by atoms with E-state index in [1.54, 1.807) is 6.07 Å². The molecule has 0 bridgehead atoms. The third kappa shape index (κ3) is 4.72. The molecule has 0 spiro atoms. The number of likely N-dealkylation sites (tertiary alicyclic amines) is 1. The molecule has 2 fully saturated rings. The molecule has 5 nitrogen and oxygen atoms in total. The third-order valence-electron chi connectivity index (χ3n) is 5.52. The SMILES string of the molecule is Cc1cc(F)ccc1CC1CCCN(C[C@H]2OCC[C@H](F)[C@H]2N=[N+]=[N-])C1. The van der Waals surface area contributed by atoms with Gasteiger partial charge in [0.25, 0.3) is 0 Å². The number of aryl methyl sites for hydroxylation is 1. The lowest BCUT2D eigenvalue weighted by Crippen LogP contribution is -2.49. The molecular formula is C19H26F2N4O. The van der Waals surface area contributed by atoms with Crippen molar-refractivity contribution in [2.75, 3.05) is 26.2 Å². The van der Waals surface area contributed by atoms with E-state index in [4.69, 9.17) is 10.3 Å². The molecule has 2 saturated heterocycles. The van der Waals surface area contributed by atoms with Crippen molar-refractivity contribution in [2.24, 2.45) is 11.0 Å². The largest absolute Gasteiger partial charge is 0.376 e. The summed E-state index contributed by atoms with van der Waals surface area (Å²) in [4.78, 5) is 5.08. The lowest BCUT2D eigenvalue weighted by molar-refractivity contribution is -0.0532. The van der Waals surface area contributed by atoms with Gasteiger partial charge in [0.15, 0.2) is 0 Å². The van der Waals surface area contributed by atoms with Gasteiger partial charge in [0.1, 0.15) is 12.0 Å². The van der Waals surface area contributed by atoms with Crippen LogP contribution in [0, 0.1) is 18.7 Å². The summed E-state index contributed by atoms with van der Waals surface area (Å²) in [5, 5.41) is 3.64. The molecule has 26 heavy (non-hydrogen) atoms. The van der Waals surface area contributed by atoms with E-state index in [2.05, 4.69) is 14.9 Å². The molecule has 142 valence electrons. The number of rotatable bonds is 5. The second-order valence-corrected chi connectivity index (χ2v) is 7.45. The van der Waals surface area contributed by atoms with Crippen LogP contribution in [0.15, 0.2) is 23.3 Å². The number of hydrogen-bond donors (Lipinski definition) is 0. The lowest BCUT2D eigenvalue weighted by Gasteiger charge is -2.38. The van der Waals surface area contributed by atoms with Crippen LogP contribution in [0.2, 0.25) is 0 Å². The van der Waals surface area contributed by atoms with E-state index in [9.17, 15) is 8.78 Å². The molecule has 0 amide bonds. The van der Waals surface area contributed by atoms with E-state index < -0.39 is 12.2 Å². The molecule has 0 saturated carbocycles. The normalized spacial score (nSPS) is 30.0. The van der Waals surface area contributed by atoms with Gasteiger partial charge in [-0.2, -0.15) is 0 Å². The van der Waals surface area contributed by atoms with Gasteiger partial charge in [0.05, 0.1) is 12.1 Å². The molecule has 0 aliphatic carbocycles. The van der Waals surface area contributed by atoms with Crippen LogP contribution in [0.5, 0.6) is 0 Å². The molecule has 0 N–H and O–H groups in total. The standard InChI is InChI=1S/C19H26F2N4O/c1-13-9-16(20)5-4-15(13)10-14-3-2-7-25(11-14)12-18-19(23-24-22)17(21)6-8-26-18/h4-5,9,14,17-19H,2-3,6-8,10-12H2,1H3/t14?,17-,18+,19+/m0/s1. The van der Waals surface area contributed by atoms with E-state index >= 15 is 0 Å². The number of alkyl halides is 1. The number of halogens is 2. The highest BCUT2D eigenvalue weighted by molar-refractivity contribution is 5.27. The van der Waals surface area contributed by atoms with Gasteiger partial charge >= 0.3 is 0 Å². The Morgan fingerprint density at radius 1 is 1.38 bits per heavy atom. The van der Waals surface area contributed by atoms with Crippen molar-refractivity contribution in [1.82, 2.24) is 4.90 Å². The van der Waals surface area contributed by atoms with Gasteiger partial charge in [0.2, 0.25) is 0 Å². The van der Waals surface area contributed by atoms with Crippen molar-refractivity contribution in [3.8, 4) is 0 Å². The quantitative estimate of drug-likeness (QED) is 0.447. The van der Waals surface area contributed by atoms with Crippen LogP contribution in [0.3, 0.4) is 0 Å². The van der Waals surface area contributed by atoms with Crippen LogP contribution < -0.4 is 0 Å². The van der Waals surface area contributed by atoms with E-state index in [1.165, 1.54) is 11.6 Å². The van der Waals surface area contributed by atoms with Gasteiger partial charge in [-0.1, -0.05) is 11.2 Å². The Kier molecular flexibility index (Phi) is 6.46. The number of nitrogens with zero attached hydrogens (tertiary/aromatic N) is 4. The van der Waals surface area contributed by atoms with Crippen LogP contribution >= 0.6 is 0 Å². The summed E-state index contributed by atoms with van der Waals surface area (Å²) >= 11 is 0. The summed E-state index contributed by atoms with van der Waals surface area (Å²) < 4.78 is 33.1. The molecule has 1 aromatic carbocycles. The van der Waals surface area contributed by atoms with Crippen molar-refractivity contribution in [2.45, 2.75) is 50.9 Å². The fourth-order valence-electron chi connectivity index (χ4n) is 4.14. The molecule has 0 aromatic heterocycles. The molecule has 7 heteroatoms. The fraction of sp³-hybridized carbons (Fsp3) is 0.684. The summed E-state index contributed by atoms with van der Waals surface area (Å²) in [6.45, 7) is 4.74. The highest BCUT2D eigenvalue weighted by Crippen LogP contribution is 2.26. The molecule has 0 radical (unpaired) electrons. The first-order valence-electron chi connectivity index (χ1n) is 9.34. The number of hydrogen-bond acceptors (Lipinski definition) is 3. The van der Waals surface area contributed by atoms with Crippen molar-refractivity contribution in [1.29, 1.82) is 0 Å². The average molecular weight is 364 g/mol. The summed E-state index contributed by atoms with van der Waals surface area (Å²) in [7, 11) is 0. The van der Waals surface area contributed by atoms with Crippen LogP contribution in [-0.2, 0) is 11.2 Å². The summed E-state index contributed by atoms with van der Waals surface area (Å²) in [6, 6.07) is 4.23. The highest BCUT2D eigenvalue weighted by atomic mass is 19.1. The van der Waals surface area contributed by atoms with Crippen molar-refractivity contribution >= 4 is 0 Å². The Bertz CT molecular complexity index is 665. The minimum atomic E-state index is -1.13. The Hall–Kier alpha value is -1.69. The fourth-order valence-corrected chi connectivity index (χ4v) is 4.14. The smallest absolute Gasteiger partial charge is 0.123 e. The van der Waals surface area contributed by atoms with Crippen molar-refractivity contribution < 1.29 is 13.5 Å². The third-order valence-corrected chi connectivity index (χ3v) is 5.52. The predicted octanol–water partition coefficient (Wildman–Crippen LogP) is 4.19. The Morgan fingerprint density at radius 3 is 3.00 bits per heavy atom. The summed E-state index contributed by atoms with van der Waals surface area (Å²) in [5.41, 5.74) is 10.9. The van der Waals surface area contributed by atoms with Gasteiger partial charge in [-0.15, -0.1) is 0 Å². The Labute approximate surface area is 153 Å². The van der Waals surface area contributed by atoms with E-state index in [1.807, 2.05) is 13.0 Å². The molecular weight excluding hydrogens is 338 g/mol. The van der Waals surface area contributed by atoms with E-state index in [0.29, 0.717) is 19.1 Å². The first kappa shape index (κ1) is 19.1. The van der Waals surface area contributed by atoms with Gasteiger partial charge < -0.3 is 9.64 Å². The Balaban J connectivity index is 1.60. The molecule has 4 atom stereocenters. The number of benzene rings is 1. The van der Waals surface area contributed by atoms with Gasteiger partial charge in [-0.3, -0.25) is 0 Å². The Morgan fingerprint density at radius 2 is 2.23 bits per heavy atom. The molecule has 2 aliphatic heterocycles. The lowest BCUT2D eigenvalue weighted by atomic mass is 9.89. The summed E-state index contributed by atoms with van der Waals surface area (Å²) in [5.74, 6) is 0.284. The first-order valence-corrected chi connectivity index (χ1v) is 9.34. The highest BCUT2D eigenvalue weighted by Gasteiger charge is 2.35. The molecule has 1 unspecified atom stereocenters. The second kappa shape index (κ2) is 8.80. The number of ether oxygens (including phenoxy) is 1. The van der Waals surface area contributed by atoms with Crippen molar-refractivity contribution in [3.05, 3.63) is 45.6 Å². The molecule has 3 rings (SSSR count). The van der Waals surface area contributed by atoms with Crippen LogP contribution in [0.4, 0.5) is 8.78 Å². The van der Waals surface area contributed by atoms with Crippen LogP contribution in [0.25, 0.3) is 10.4 Å². The minimum absolute atomic E-state index is 0.198. The molecule has 2 heterocycles. The van der Waals surface area contributed by atoms with Crippen LogP contribution in [-0.4, -0.2) is 49.5 Å². The van der Waals surface area contributed by atoms with Crippen molar-refractivity contribution in [3.63, 3.8) is 0 Å². The van der Waals surface area contributed by atoms with Crippen LogP contribution in [0.1, 0.15) is 30.4 Å². The minimum Gasteiger partial charge on any atom is -0.376 e. The van der Waals surface area contributed by atoms with Gasteiger partial charge in [-0.05, 0) is 67.4 Å². The second-order valence-electron chi connectivity index (χ2n) is 7.45. The molecule has 1 aromatic rings. The zero-order chi connectivity index (χ0) is 18.5. The number of azide groups is 1. The molecule has 2 aliphatic rings. The zero-order valence-electron chi connectivity index (χ0n) is 15.2. The first-order chi connectivity index (χ1) is 12.6. The van der Waals surface area contributed by atoms with E-state index in [0.717, 1.165) is 37.9 Å². The maximum Gasteiger partial charge on any atom is 0.123 e. The number of piperidine rings is 1. The topological polar surface area (TPSA) is 61.2 Å².